The van der Waals surface area contributed by atoms with Gasteiger partial charge in [-0.3, -0.25) is 4.90 Å². The number of likely N-dealkylation sites (N-methyl/N-ethyl adjacent to an activating group) is 1. The molecule has 1 saturated heterocycles. The van der Waals surface area contributed by atoms with E-state index in [0.717, 1.165) is 37.7 Å². The lowest BCUT2D eigenvalue weighted by Gasteiger charge is -2.23. The lowest BCUT2D eigenvalue weighted by atomic mass is 10.2. The SMILES string of the molecule is CCN(CCOc1ccc(N)cc1)CC1CCCO1. The summed E-state index contributed by atoms with van der Waals surface area (Å²) in [6.45, 7) is 6.78. The fourth-order valence-corrected chi connectivity index (χ4v) is 2.31. The summed E-state index contributed by atoms with van der Waals surface area (Å²) in [5, 5.41) is 0. The maximum Gasteiger partial charge on any atom is 0.119 e. The van der Waals surface area contributed by atoms with Crippen LogP contribution in [0.25, 0.3) is 0 Å². The molecule has 1 aromatic rings. The molecule has 2 N–H and O–H groups in total. The molecule has 4 nitrogen and oxygen atoms in total. The fraction of sp³-hybridized carbons (Fsp3) is 0.600. The largest absolute Gasteiger partial charge is 0.492 e. The van der Waals surface area contributed by atoms with Crippen LogP contribution in [0.3, 0.4) is 0 Å². The number of anilines is 1. The van der Waals surface area contributed by atoms with E-state index in [2.05, 4.69) is 11.8 Å². The van der Waals surface area contributed by atoms with Crippen molar-refractivity contribution in [1.29, 1.82) is 0 Å². The third-order valence-electron chi connectivity index (χ3n) is 3.49. The second kappa shape index (κ2) is 7.36. The highest BCUT2D eigenvalue weighted by atomic mass is 16.5. The van der Waals surface area contributed by atoms with Crippen molar-refractivity contribution in [3.8, 4) is 5.75 Å². The van der Waals surface area contributed by atoms with Gasteiger partial charge in [0.2, 0.25) is 0 Å². The minimum atomic E-state index is 0.413. The molecule has 1 unspecified atom stereocenters. The molecule has 1 aliphatic rings. The maximum atomic E-state index is 5.72. The first-order valence-corrected chi connectivity index (χ1v) is 7.10. The molecule has 19 heavy (non-hydrogen) atoms. The maximum absolute atomic E-state index is 5.72. The van der Waals surface area contributed by atoms with E-state index in [1.165, 1.54) is 12.8 Å². The second-order valence-electron chi connectivity index (χ2n) is 4.95. The average molecular weight is 264 g/mol. The first-order chi connectivity index (χ1) is 9.28. The van der Waals surface area contributed by atoms with E-state index >= 15 is 0 Å². The van der Waals surface area contributed by atoms with E-state index in [-0.39, 0.29) is 0 Å². The van der Waals surface area contributed by atoms with Crippen molar-refractivity contribution in [2.75, 3.05) is 38.6 Å². The third-order valence-corrected chi connectivity index (χ3v) is 3.49. The van der Waals surface area contributed by atoms with Crippen LogP contribution < -0.4 is 10.5 Å². The van der Waals surface area contributed by atoms with Crippen molar-refractivity contribution >= 4 is 5.69 Å². The predicted molar refractivity (Wildman–Crippen MR) is 77.4 cm³/mol. The highest BCUT2D eigenvalue weighted by molar-refractivity contribution is 5.41. The molecule has 0 aliphatic carbocycles. The van der Waals surface area contributed by atoms with Crippen molar-refractivity contribution in [1.82, 2.24) is 4.90 Å². The van der Waals surface area contributed by atoms with Gasteiger partial charge in [0.1, 0.15) is 12.4 Å². The molecule has 0 spiro atoms. The van der Waals surface area contributed by atoms with Crippen molar-refractivity contribution in [2.24, 2.45) is 0 Å². The molecule has 4 heteroatoms. The Labute approximate surface area is 115 Å². The molecular weight excluding hydrogens is 240 g/mol. The second-order valence-corrected chi connectivity index (χ2v) is 4.95. The van der Waals surface area contributed by atoms with Gasteiger partial charge in [0, 0.05) is 25.4 Å². The normalized spacial score (nSPS) is 18.9. The molecule has 0 amide bonds. The highest BCUT2D eigenvalue weighted by Crippen LogP contribution is 2.14. The molecule has 1 heterocycles. The van der Waals surface area contributed by atoms with Crippen molar-refractivity contribution in [3.63, 3.8) is 0 Å². The minimum Gasteiger partial charge on any atom is -0.492 e. The van der Waals surface area contributed by atoms with Gasteiger partial charge in [-0.15, -0.1) is 0 Å². The lowest BCUT2D eigenvalue weighted by Crippen LogP contribution is -2.35. The Hall–Kier alpha value is -1.26. The Morgan fingerprint density at radius 1 is 1.37 bits per heavy atom. The average Bonchev–Trinajstić information content (AvgIpc) is 2.93. The van der Waals surface area contributed by atoms with Crippen molar-refractivity contribution < 1.29 is 9.47 Å². The van der Waals surface area contributed by atoms with Crippen LogP contribution in [-0.4, -0.2) is 43.9 Å². The molecule has 0 bridgehead atoms. The van der Waals surface area contributed by atoms with Gasteiger partial charge in [-0.05, 0) is 43.7 Å². The number of nitrogens with two attached hydrogens (primary N) is 1. The Morgan fingerprint density at radius 3 is 2.79 bits per heavy atom. The fourth-order valence-electron chi connectivity index (χ4n) is 2.31. The topological polar surface area (TPSA) is 47.7 Å². The van der Waals surface area contributed by atoms with Crippen molar-refractivity contribution in [2.45, 2.75) is 25.9 Å². The molecule has 1 fully saturated rings. The zero-order chi connectivity index (χ0) is 13.5. The first-order valence-electron chi connectivity index (χ1n) is 7.10. The van der Waals surface area contributed by atoms with Gasteiger partial charge in [-0.2, -0.15) is 0 Å². The summed E-state index contributed by atoms with van der Waals surface area (Å²) in [5.41, 5.74) is 6.40. The minimum absolute atomic E-state index is 0.413. The Kier molecular flexibility index (Phi) is 5.48. The summed E-state index contributed by atoms with van der Waals surface area (Å²) in [5.74, 6) is 0.877. The summed E-state index contributed by atoms with van der Waals surface area (Å²) < 4.78 is 11.4. The van der Waals surface area contributed by atoms with Crippen LogP contribution in [0.1, 0.15) is 19.8 Å². The van der Waals surface area contributed by atoms with Crippen LogP contribution in [-0.2, 0) is 4.74 Å². The van der Waals surface area contributed by atoms with E-state index in [4.69, 9.17) is 15.2 Å². The first kappa shape index (κ1) is 14.2. The van der Waals surface area contributed by atoms with Gasteiger partial charge < -0.3 is 15.2 Å². The molecule has 0 saturated carbocycles. The number of nitrogens with zero attached hydrogens (tertiary/aromatic N) is 1. The Morgan fingerprint density at radius 2 is 2.16 bits per heavy atom. The number of ether oxygens (including phenoxy) is 2. The molecule has 1 aromatic carbocycles. The number of nitrogen functional groups attached to an aromatic ring is 1. The Bertz CT molecular complexity index is 361. The van der Waals surface area contributed by atoms with Crippen LogP contribution in [0.2, 0.25) is 0 Å². The quantitative estimate of drug-likeness (QED) is 0.767. The van der Waals surface area contributed by atoms with Gasteiger partial charge >= 0.3 is 0 Å². The molecule has 0 aromatic heterocycles. The van der Waals surface area contributed by atoms with Gasteiger partial charge in [-0.25, -0.2) is 0 Å². The summed E-state index contributed by atoms with van der Waals surface area (Å²) in [6.07, 6.45) is 2.80. The van der Waals surface area contributed by atoms with E-state index < -0.39 is 0 Å². The predicted octanol–water partition coefficient (Wildman–Crippen LogP) is 2.15. The molecular formula is C15H24N2O2. The summed E-state index contributed by atoms with van der Waals surface area (Å²) in [6, 6.07) is 7.54. The number of benzene rings is 1. The molecule has 2 rings (SSSR count). The molecule has 1 atom stereocenters. The van der Waals surface area contributed by atoms with E-state index in [9.17, 15) is 0 Å². The van der Waals surface area contributed by atoms with Crippen LogP contribution in [0.5, 0.6) is 5.75 Å². The summed E-state index contributed by atoms with van der Waals surface area (Å²) in [4.78, 5) is 2.38. The highest BCUT2D eigenvalue weighted by Gasteiger charge is 2.18. The van der Waals surface area contributed by atoms with Crippen LogP contribution in [0.15, 0.2) is 24.3 Å². The molecule has 0 radical (unpaired) electrons. The Balaban J connectivity index is 1.69. The molecule has 106 valence electrons. The van der Waals surface area contributed by atoms with Crippen molar-refractivity contribution in [3.05, 3.63) is 24.3 Å². The number of hydrogen-bond donors (Lipinski definition) is 1. The van der Waals surface area contributed by atoms with Crippen LogP contribution in [0, 0.1) is 0 Å². The summed E-state index contributed by atoms with van der Waals surface area (Å²) >= 11 is 0. The van der Waals surface area contributed by atoms with Crippen LogP contribution in [0.4, 0.5) is 5.69 Å². The number of rotatable bonds is 7. The monoisotopic (exact) mass is 264 g/mol. The third kappa shape index (κ3) is 4.73. The van der Waals surface area contributed by atoms with Gasteiger partial charge in [0.05, 0.1) is 6.10 Å². The van der Waals surface area contributed by atoms with E-state index in [1.54, 1.807) is 0 Å². The van der Waals surface area contributed by atoms with E-state index in [1.807, 2.05) is 24.3 Å². The standard InChI is InChI=1S/C15H24N2O2/c1-2-17(12-15-4-3-10-18-15)9-11-19-14-7-5-13(16)6-8-14/h5-8,15H,2-4,9-12,16H2,1H3. The van der Waals surface area contributed by atoms with E-state index in [0.29, 0.717) is 12.7 Å². The zero-order valence-corrected chi connectivity index (χ0v) is 11.7. The smallest absolute Gasteiger partial charge is 0.119 e. The van der Waals surface area contributed by atoms with Gasteiger partial charge in [0.15, 0.2) is 0 Å². The van der Waals surface area contributed by atoms with Gasteiger partial charge in [0.25, 0.3) is 0 Å². The van der Waals surface area contributed by atoms with Gasteiger partial charge in [-0.1, -0.05) is 6.92 Å². The molecule has 1 aliphatic heterocycles. The number of hydrogen-bond acceptors (Lipinski definition) is 4. The van der Waals surface area contributed by atoms with Crippen LogP contribution >= 0.6 is 0 Å². The zero-order valence-electron chi connectivity index (χ0n) is 11.7. The lowest BCUT2D eigenvalue weighted by molar-refractivity contribution is 0.0701. The summed E-state index contributed by atoms with van der Waals surface area (Å²) in [7, 11) is 0.